The van der Waals surface area contributed by atoms with Crippen molar-refractivity contribution in [3.63, 3.8) is 0 Å². The summed E-state index contributed by atoms with van der Waals surface area (Å²) < 4.78 is 0. The third-order valence-electron chi connectivity index (χ3n) is 4.79. The molecule has 0 bridgehead atoms. The summed E-state index contributed by atoms with van der Waals surface area (Å²) in [6.07, 6.45) is 4.00. The fraction of sp³-hybridized carbons (Fsp3) is 1.00. The van der Waals surface area contributed by atoms with E-state index in [-0.39, 0.29) is 0 Å². The predicted octanol–water partition coefficient (Wildman–Crippen LogP) is 1.54. The molecule has 2 fully saturated rings. The molecule has 0 spiro atoms. The molecular formula is C14H29N3. The standard InChI is InChI=1S/C14H29N3/c1-4-14(7-6-8-15-14)12-16-9-10-17(5-2)13(3)11-16/h13,15H,4-12H2,1-3H3. The van der Waals surface area contributed by atoms with E-state index in [0.717, 1.165) is 6.04 Å². The topological polar surface area (TPSA) is 18.5 Å². The van der Waals surface area contributed by atoms with Gasteiger partial charge in [0.2, 0.25) is 0 Å². The normalized spacial score (nSPS) is 36.5. The van der Waals surface area contributed by atoms with Crippen molar-refractivity contribution < 1.29 is 0 Å². The molecule has 2 aliphatic rings. The molecule has 0 radical (unpaired) electrons. The van der Waals surface area contributed by atoms with Crippen LogP contribution in [0.2, 0.25) is 0 Å². The van der Waals surface area contributed by atoms with Gasteiger partial charge in [-0.05, 0) is 39.3 Å². The molecule has 0 aromatic rings. The lowest BCUT2D eigenvalue weighted by Gasteiger charge is -2.43. The zero-order valence-electron chi connectivity index (χ0n) is 11.8. The number of piperazine rings is 1. The van der Waals surface area contributed by atoms with Crippen molar-refractivity contribution in [2.75, 3.05) is 39.3 Å². The zero-order chi connectivity index (χ0) is 12.3. The fourth-order valence-corrected chi connectivity index (χ4v) is 3.53. The number of nitrogens with one attached hydrogen (secondary N) is 1. The Bertz CT molecular complexity index is 236. The first-order chi connectivity index (χ1) is 8.19. The minimum absolute atomic E-state index is 0.425. The van der Waals surface area contributed by atoms with Crippen LogP contribution in [-0.2, 0) is 0 Å². The minimum Gasteiger partial charge on any atom is -0.310 e. The summed E-state index contributed by atoms with van der Waals surface area (Å²) in [6, 6.07) is 0.726. The van der Waals surface area contributed by atoms with Gasteiger partial charge in [0.15, 0.2) is 0 Å². The maximum Gasteiger partial charge on any atom is 0.0306 e. The van der Waals surface area contributed by atoms with E-state index in [0.29, 0.717) is 5.54 Å². The second-order valence-electron chi connectivity index (χ2n) is 5.88. The van der Waals surface area contributed by atoms with Crippen LogP contribution in [0.1, 0.15) is 40.0 Å². The molecule has 2 rings (SSSR count). The zero-order valence-corrected chi connectivity index (χ0v) is 11.8. The third kappa shape index (κ3) is 3.01. The predicted molar refractivity (Wildman–Crippen MR) is 73.4 cm³/mol. The summed E-state index contributed by atoms with van der Waals surface area (Å²) in [5.74, 6) is 0. The van der Waals surface area contributed by atoms with Crippen molar-refractivity contribution in [2.45, 2.75) is 51.6 Å². The van der Waals surface area contributed by atoms with E-state index in [4.69, 9.17) is 0 Å². The van der Waals surface area contributed by atoms with Crippen LogP contribution >= 0.6 is 0 Å². The number of hydrogen-bond acceptors (Lipinski definition) is 3. The van der Waals surface area contributed by atoms with Crippen molar-refractivity contribution >= 4 is 0 Å². The molecule has 2 atom stereocenters. The highest BCUT2D eigenvalue weighted by Gasteiger charge is 2.35. The molecule has 2 heterocycles. The minimum atomic E-state index is 0.425. The van der Waals surface area contributed by atoms with E-state index in [1.165, 1.54) is 58.5 Å². The smallest absolute Gasteiger partial charge is 0.0306 e. The Balaban J connectivity index is 1.87. The first-order valence-corrected chi connectivity index (χ1v) is 7.40. The lowest BCUT2D eigenvalue weighted by molar-refractivity contribution is 0.0675. The van der Waals surface area contributed by atoms with Gasteiger partial charge in [-0.25, -0.2) is 0 Å². The van der Waals surface area contributed by atoms with E-state index in [9.17, 15) is 0 Å². The van der Waals surface area contributed by atoms with Gasteiger partial charge in [-0.15, -0.1) is 0 Å². The largest absolute Gasteiger partial charge is 0.310 e. The summed E-state index contributed by atoms with van der Waals surface area (Å²) in [4.78, 5) is 5.27. The lowest BCUT2D eigenvalue weighted by Crippen LogP contribution is -2.57. The van der Waals surface area contributed by atoms with Crippen LogP contribution < -0.4 is 5.32 Å². The van der Waals surface area contributed by atoms with Crippen LogP contribution in [-0.4, -0.2) is 60.6 Å². The fourth-order valence-electron chi connectivity index (χ4n) is 3.53. The van der Waals surface area contributed by atoms with Gasteiger partial charge >= 0.3 is 0 Å². The maximum atomic E-state index is 3.75. The highest BCUT2D eigenvalue weighted by molar-refractivity contribution is 4.95. The Morgan fingerprint density at radius 1 is 1.29 bits per heavy atom. The van der Waals surface area contributed by atoms with Crippen LogP contribution in [0.3, 0.4) is 0 Å². The quantitative estimate of drug-likeness (QED) is 0.803. The highest BCUT2D eigenvalue weighted by Crippen LogP contribution is 2.25. The van der Waals surface area contributed by atoms with Gasteiger partial charge in [0, 0.05) is 37.8 Å². The molecule has 3 nitrogen and oxygen atoms in total. The summed E-state index contributed by atoms with van der Waals surface area (Å²) in [5.41, 5.74) is 0.425. The Kier molecular flexibility index (Phi) is 4.45. The Morgan fingerprint density at radius 3 is 2.65 bits per heavy atom. The van der Waals surface area contributed by atoms with E-state index >= 15 is 0 Å². The first-order valence-electron chi connectivity index (χ1n) is 7.40. The lowest BCUT2D eigenvalue weighted by atomic mass is 9.93. The van der Waals surface area contributed by atoms with E-state index in [1.807, 2.05) is 0 Å². The molecule has 1 N–H and O–H groups in total. The van der Waals surface area contributed by atoms with Crippen LogP contribution in [0, 0.1) is 0 Å². The SMILES string of the molecule is CCN1CCN(CC2(CC)CCCN2)CC1C. The third-order valence-corrected chi connectivity index (χ3v) is 4.79. The van der Waals surface area contributed by atoms with Crippen molar-refractivity contribution in [1.82, 2.24) is 15.1 Å². The van der Waals surface area contributed by atoms with Crippen molar-refractivity contribution in [3.05, 3.63) is 0 Å². The van der Waals surface area contributed by atoms with Gasteiger partial charge in [-0.1, -0.05) is 13.8 Å². The second kappa shape index (κ2) is 5.68. The van der Waals surface area contributed by atoms with Gasteiger partial charge in [0.25, 0.3) is 0 Å². The van der Waals surface area contributed by atoms with Gasteiger partial charge < -0.3 is 5.32 Å². The van der Waals surface area contributed by atoms with Crippen LogP contribution in [0.5, 0.6) is 0 Å². The monoisotopic (exact) mass is 239 g/mol. The van der Waals surface area contributed by atoms with Crippen molar-refractivity contribution in [3.8, 4) is 0 Å². The Labute approximate surface area is 107 Å². The molecule has 0 amide bonds. The Hall–Kier alpha value is -0.120. The van der Waals surface area contributed by atoms with Crippen molar-refractivity contribution in [2.24, 2.45) is 0 Å². The van der Waals surface area contributed by atoms with Crippen LogP contribution in [0.15, 0.2) is 0 Å². The molecule has 0 aromatic carbocycles. The first kappa shape index (κ1) is 13.3. The van der Waals surface area contributed by atoms with E-state index in [1.54, 1.807) is 0 Å². The van der Waals surface area contributed by atoms with Gasteiger partial charge in [0.05, 0.1) is 0 Å². The number of likely N-dealkylation sites (N-methyl/N-ethyl adjacent to an activating group) is 1. The van der Waals surface area contributed by atoms with Gasteiger partial charge in [-0.3, -0.25) is 9.80 Å². The van der Waals surface area contributed by atoms with E-state index in [2.05, 4.69) is 35.9 Å². The molecule has 0 saturated carbocycles. The molecule has 0 aliphatic carbocycles. The molecule has 3 heteroatoms. The molecule has 2 aliphatic heterocycles. The maximum absolute atomic E-state index is 3.75. The highest BCUT2D eigenvalue weighted by atomic mass is 15.3. The molecule has 2 saturated heterocycles. The Morgan fingerprint density at radius 2 is 2.12 bits per heavy atom. The summed E-state index contributed by atoms with van der Waals surface area (Å²) in [6.45, 7) is 14.4. The molecule has 17 heavy (non-hydrogen) atoms. The molecule has 100 valence electrons. The number of hydrogen-bond donors (Lipinski definition) is 1. The average Bonchev–Trinajstić information content (AvgIpc) is 2.79. The number of nitrogens with zero attached hydrogens (tertiary/aromatic N) is 2. The summed E-state index contributed by atoms with van der Waals surface area (Å²) in [7, 11) is 0. The average molecular weight is 239 g/mol. The van der Waals surface area contributed by atoms with Gasteiger partial charge in [0.1, 0.15) is 0 Å². The molecule has 0 aromatic heterocycles. The van der Waals surface area contributed by atoms with Crippen LogP contribution in [0.4, 0.5) is 0 Å². The molecular weight excluding hydrogens is 210 g/mol. The van der Waals surface area contributed by atoms with Crippen molar-refractivity contribution in [1.29, 1.82) is 0 Å². The summed E-state index contributed by atoms with van der Waals surface area (Å²) >= 11 is 0. The molecule has 2 unspecified atom stereocenters. The van der Waals surface area contributed by atoms with E-state index < -0.39 is 0 Å². The second-order valence-corrected chi connectivity index (χ2v) is 5.88. The number of rotatable bonds is 4. The van der Waals surface area contributed by atoms with Crippen LogP contribution in [0.25, 0.3) is 0 Å². The van der Waals surface area contributed by atoms with Gasteiger partial charge in [-0.2, -0.15) is 0 Å². The summed E-state index contributed by atoms with van der Waals surface area (Å²) in [5, 5.41) is 3.75.